The third-order valence-electron chi connectivity index (χ3n) is 3.31. The maximum Gasteiger partial charge on any atom is 0.150 e. The highest BCUT2D eigenvalue weighted by Gasteiger charge is 2.12. The van der Waals surface area contributed by atoms with Crippen LogP contribution in [-0.4, -0.2) is 21.9 Å². The molecule has 0 aliphatic heterocycles. The molecule has 0 spiro atoms. The molecule has 0 fully saturated rings. The summed E-state index contributed by atoms with van der Waals surface area (Å²) in [7, 11) is 1.60. The highest BCUT2D eigenvalue weighted by Crippen LogP contribution is 2.19. The van der Waals surface area contributed by atoms with Crippen molar-refractivity contribution in [2.45, 2.75) is 6.42 Å². The molecule has 112 valence electrons. The molecule has 0 saturated heterocycles. The van der Waals surface area contributed by atoms with Crippen molar-refractivity contribution >= 4 is 0 Å². The van der Waals surface area contributed by atoms with Gasteiger partial charge < -0.3 is 4.74 Å². The number of hydrogen-bond acceptors (Lipinski definition) is 3. The van der Waals surface area contributed by atoms with Gasteiger partial charge in [0.1, 0.15) is 29.5 Å². The fourth-order valence-corrected chi connectivity index (χ4v) is 2.18. The van der Waals surface area contributed by atoms with Crippen molar-refractivity contribution < 1.29 is 13.5 Å². The lowest BCUT2D eigenvalue weighted by Gasteiger charge is -2.08. The number of nitrogens with zero attached hydrogens (tertiary/aromatic N) is 3. The summed E-state index contributed by atoms with van der Waals surface area (Å²) in [6.07, 6.45) is 1.88. The average Bonchev–Trinajstić information content (AvgIpc) is 2.96. The van der Waals surface area contributed by atoms with E-state index in [-0.39, 0.29) is 5.69 Å². The van der Waals surface area contributed by atoms with E-state index in [1.807, 2.05) is 24.3 Å². The standard InChI is InChI=1S/C16H13F2N3O/c1-22-13-5-2-11(3-6-13)8-16-20-19-10-21(16)15-7-4-12(17)9-14(15)18/h2-7,9-10H,8H2,1H3. The van der Waals surface area contributed by atoms with Crippen LogP contribution < -0.4 is 4.74 Å². The van der Waals surface area contributed by atoms with Crippen LogP contribution in [0.15, 0.2) is 48.8 Å². The summed E-state index contributed by atoms with van der Waals surface area (Å²) in [5, 5.41) is 7.84. The van der Waals surface area contributed by atoms with Gasteiger partial charge in [-0.2, -0.15) is 0 Å². The summed E-state index contributed by atoms with van der Waals surface area (Å²) < 4.78 is 33.5. The Labute approximate surface area is 126 Å². The SMILES string of the molecule is COc1ccc(Cc2nncn2-c2ccc(F)cc2F)cc1. The number of benzene rings is 2. The Kier molecular flexibility index (Phi) is 3.82. The summed E-state index contributed by atoms with van der Waals surface area (Å²) in [5.41, 5.74) is 1.20. The van der Waals surface area contributed by atoms with Gasteiger partial charge in [-0.1, -0.05) is 12.1 Å². The Balaban J connectivity index is 1.91. The molecule has 0 atom stereocenters. The molecule has 22 heavy (non-hydrogen) atoms. The Hall–Kier alpha value is -2.76. The molecule has 2 aromatic carbocycles. The minimum absolute atomic E-state index is 0.218. The van der Waals surface area contributed by atoms with Crippen molar-refractivity contribution in [3.05, 3.63) is 71.8 Å². The Morgan fingerprint density at radius 1 is 1.09 bits per heavy atom. The molecule has 0 unspecified atom stereocenters. The molecule has 0 aliphatic rings. The van der Waals surface area contributed by atoms with Crippen molar-refractivity contribution in [3.63, 3.8) is 0 Å². The second kappa shape index (κ2) is 5.93. The molecule has 0 N–H and O–H groups in total. The molecule has 1 heterocycles. The van der Waals surface area contributed by atoms with Crippen LogP contribution >= 0.6 is 0 Å². The summed E-state index contributed by atoms with van der Waals surface area (Å²) in [6, 6.07) is 10.9. The van der Waals surface area contributed by atoms with Gasteiger partial charge >= 0.3 is 0 Å². The van der Waals surface area contributed by atoms with Gasteiger partial charge in [-0.3, -0.25) is 4.57 Å². The van der Waals surface area contributed by atoms with Gasteiger partial charge in [-0.15, -0.1) is 10.2 Å². The number of methoxy groups -OCH3 is 1. The van der Waals surface area contributed by atoms with Crippen molar-refractivity contribution in [1.82, 2.24) is 14.8 Å². The predicted octanol–water partition coefficient (Wildman–Crippen LogP) is 3.14. The topological polar surface area (TPSA) is 39.9 Å². The zero-order chi connectivity index (χ0) is 15.5. The minimum Gasteiger partial charge on any atom is -0.497 e. The van der Waals surface area contributed by atoms with Gasteiger partial charge in [0.15, 0.2) is 0 Å². The van der Waals surface area contributed by atoms with Gasteiger partial charge in [0.2, 0.25) is 0 Å². The number of aromatic nitrogens is 3. The van der Waals surface area contributed by atoms with Gasteiger partial charge in [0.05, 0.1) is 12.8 Å². The van der Waals surface area contributed by atoms with Crippen molar-refractivity contribution in [1.29, 1.82) is 0 Å². The molecule has 0 radical (unpaired) electrons. The van der Waals surface area contributed by atoms with Crippen LogP contribution in [0, 0.1) is 11.6 Å². The lowest BCUT2D eigenvalue weighted by molar-refractivity contribution is 0.414. The van der Waals surface area contributed by atoms with E-state index in [2.05, 4.69) is 10.2 Å². The monoisotopic (exact) mass is 301 g/mol. The van der Waals surface area contributed by atoms with E-state index in [1.165, 1.54) is 23.0 Å². The van der Waals surface area contributed by atoms with Crippen LogP contribution in [0.2, 0.25) is 0 Å². The Morgan fingerprint density at radius 3 is 2.55 bits per heavy atom. The summed E-state index contributed by atoms with van der Waals surface area (Å²) in [6.45, 7) is 0. The molecule has 0 saturated carbocycles. The lowest BCUT2D eigenvalue weighted by Crippen LogP contribution is -2.04. The molecule has 0 amide bonds. The van der Waals surface area contributed by atoms with Crippen molar-refractivity contribution in [3.8, 4) is 11.4 Å². The fraction of sp³-hybridized carbons (Fsp3) is 0.125. The second-order valence-electron chi connectivity index (χ2n) is 4.74. The van der Waals surface area contributed by atoms with Crippen LogP contribution in [0.4, 0.5) is 8.78 Å². The maximum atomic E-state index is 13.9. The first kappa shape index (κ1) is 14.2. The molecular weight excluding hydrogens is 288 g/mol. The molecule has 1 aromatic heterocycles. The van der Waals surface area contributed by atoms with Gasteiger partial charge in [0, 0.05) is 12.5 Å². The minimum atomic E-state index is -0.657. The number of halogens is 2. The van der Waals surface area contributed by atoms with E-state index in [4.69, 9.17) is 4.74 Å². The van der Waals surface area contributed by atoms with Crippen LogP contribution in [0.5, 0.6) is 5.75 Å². The summed E-state index contributed by atoms with van der Waals surface area (Å²) >= 11 is 0. The van der Waals surface area contributed by atoms with Crippen molar-refractivity contribution in [2.24, 2.45) is 0 Å². The Bertz CT molecular complexity index is 784. The molecule has 3 rings (SSSR count). The highest BCUT2D eigenvalue weighted by molar-refractivity contribution is 5.36. The first-order valence-electron chi connectivity index (χ1n) is 6.64. The zero-order valence-electron chi connectivity index (χ0n) is 11.8. The zero-order valence-corrected chi connectivity index (χ0v) is 11.8. The molecule has 0 bridgehead atoms. The number of ether oxygens (including phenoxy) is 1. The third-order valence-corrected chi connectivity index (χ3v) is 3.31. The molecule has 3 aromatic rings. The largest absolute Gasteiger partial charge is 0.497 e. The van der Waals surface area contributed by atoms with Gasteiger partial charge in [-0.25, -0.2) is 8.78 Å². The molecule has 0 aliphatic carbocycles. The summed E-state index contributed by atoms with van der Waals surface area (Å²) in [5.74, 6) is 0.0484. The van der Waals surface area contributed by atoms with Gasteiger partial charge in [0.25, 0.3) is 0 Å². The third kappa shape index (κ3) is 2.81. The number of rotatable bonds is 4. The second-order valence-corrected chi connectivity index (χ2v) is 4.74. The smallest absolute Gasteiger partial charge is 0.150 e. The van der Waals surface area contributed by atoms with E-state index < -0.39 is 11.6 Å². The first-order chi connectivity index (χ1) is 10.7. The van der Waals surface area contributed by atoms with Crippen LogP contribution in [0.1, 0.15) is 11.4 Å². The summed E-state index contributed by atoms with van der Waals surface area (Å²) in [4.78, 5) is 0. The first-order valence-corrected chi connectivity index (χ1v) is 6.64. The van der Waals surface area contributed by atoms with Gasteiger partial charge in [-0.05, 0) is 29.8 Å². The van der Waals surface area contributed by atoms with Crippen LogP contribution in [0.3, 0.4) is 0 Å². The van der Waals surface area contributed by atoms with E-state index in [1.54, 1.807) is 7.11 Å². The quantitative estimate of drug-likeness (QED) is 0.743. The predicted molar refractivity (Wildman–Crippen MR) is 77.1 cm³/mol. The number of hydrogen-bond donors (Lipinski definition) is 0. The van der Waals surface area contributed by atoms with Crippen molar-refractivity contribution in [2.75, 3.05) is 7.11 Å². The van der Waals surface area contributed by atoms with Crippen LogP contribution in [0.25, 0.3) is 5.69 Å². The van der Waals surface area contributed by atoms with E-state index in [0.29, 0.717) is 12.2 Å². The van der Waals surface area contributed by atoms with E-state index >= 15 is 0 Å². The van der Waals surface area contributed by atoms with E-state index in [0.717, 1.165) is 17.4 Å². The average molecular weight is 301 g/mol. The normalized spacial score (nSPS) is 10.7. The Morgan fingerprint density at radius 2 is 1.86 bits per heavy atom. The molecule has 6 heteroatoms. The molecular formula is C16H13F2N3O. The van der Waals surface area contributed by atoms with Crippen LogP contribution in [-0.2, 0) is 6.42 Å². The molecule has 4 nitrogen and oxygen atoms in total. The fourth-order valence-electron chi connectivity index (χ4n) is 2.18. The highest BCUT2D eigenvalue weighted by atomic mass is 19.1. The van der Waals surface area contributed by atoms with E-state index in [9.17, 15) is 8.78 Å². The maximum absolute atomic E-state index is 13.9. The lowest BCUT2D eigenvalue weighted by atomic mass is 10.1.